The van der Waals surface area contributed by atoms with E-state index >= 15 is 0 Å². The summed E-state index contributed by atoms with van der Waals surface area (Å²) < 4.78 is 5.17. The predicted molar refractivity (Wildman–Crippen MR) is 94.6 cm³/mol. The van der Waals surface area contributed by atoms with E-state index in [4.69, 9.17) is 16.3 Å². The average molecular weight is 333 g/mol. The molecule has 0 spiro atoms. The normalized spacial score (nSPS) is 11.8. The predicted octanol–water partition coefficient (Wildman–Crippen LogP) is 4.82. The van der Waals surface area contributed by atoms with E-state index in [1.165, 1.54) is 0 Å². The third-order valence-corrected chi connectivity index (χ3v) is 3.33. The van der Waals surface area contributed by atoms with Gasteiger partial charge in [-0.15, -0.1) is 0 Å². The Labute approximate surface area is 141 Å². The zero-order valence-electron chi connectivity index (χ0n) is 13.6. The van der Waals surface area contributed by atoms with Crippen LogP contribution in [0.25, 0.3) is 17.0 Å². The number of alkyl carbamates (subject to hydrolysis) is 1. The van der Waals surface area contributed by atoms with E-state index in [0.29, 0.717) is 11.6 Å². The van der Waals surface area contributed by atoms with Crippen LogP contribution in [0.3, 0.4) is 0 Å². The Morgan fingerprint density at radius 2 is 2.13 bits per heavy atom. The molecule has 0 fully saturated rings. The molecule has 1 aromatic heterocycles. The quantitative estimate of drug-likeness (QED) is 0.817. The second-order valence-corrected chi connectivity index (χ2v) is 6.60. The van der Waals surface area contributed by atoms with Gasteiger partial charge in [0.25, 0.3) is 0 Å². The van der Waals surface area contributed by atoms with Crippen LogP contribution in [-0.4, -0.2) is 23.2 Å². The Bertz CT molecular complexity index is 721. The lowest BCUT2D eigenvalue weighted by molar-refractivity contribution is 0.0529. The highest BCUT2D eigenvalue weighted by Gasteiger charge is 2.15. The van der Waals surface area contributed by atoms with E-state index in [2.05, 4.69) is 10.3 Å². The Morgan fingerprint density at radius 3 is 2.87 bits per heavy atom. The third-order valence-electron chi connectivity index (χ3n) is 3.00. The van der Waals surface area contributed by atoms with E-state index < -0.39 is 11.7 Å². The fraction of sp³-hybridized carbons (Fsp3) is 0.333. The molecule has 4 nitrogen and oxygen atoms in total. The minimum atomic E-state index is -0.474. The Morgan fingerprint density at radius 1 is 1.35 bits per heavy atom. The van der Waals surface area contributed by atoms with Crippen LogP contribution in [-0.2, 0) is 4.74 Å². The number of ether oxygens (including phenoxy) is 1. The summed E-state index contributed by atoms with van der Waals surface area (Å²) in [5.74, 6) is 0. The maximum Gasteiger partial charge on any atom is 0.407 e. The number of benzene rings is 1. The number of pyridine rings is 1. The first-order chi connectivity index (χ1) is 10.8. The summed E-state index contributed by atoms with van der Waals surface area (Å²) >= 11 is 6.17. The fourth-order valence-electron chi connectivity index (χ4n) is 2.03. The third kappa shape index (κ3) is 5.57. The molecule has 5 heteroatoms. The number of nitrogens with zero attached hydrogens (tertiary/aromatic N) is 1. The van der Waals surface area contributed by atoms with Crippen molar-refractivity contribution in [2.24, 2.45) is 0 Å². The van der Waals surface area contributed by atoms with Gasteiger partial charge in [-0.1, -0.05) is 29.8 Å². The molecule has 1 amide bonds. The minimum Gasteiger partial charge on any atom is -0.444 e. The molecule has 0 unspecified atom stereocenters. The van der Waals surface area contributed by atoms with Gasteiger partial charge in [0.15, 0.2) is 0 Å². The molecular weight excluding hydrogens is 312 g/mol. The Hall–Kier alpha value is -2.07. The number of amides is 1. The number of hydrogen-bond acceptors (Lipinski definition) is 3. The monoisotopic (exact) mass is 332 g/mol. The summed E-state index contributed by atoms with van der Waals surface area (Å²) in [6.45, 7) is 6.05. The highest BCUT2D eigenvalue weighted by molar-refractivity contribution is 6.35. The topological polar surface area (TPSA) is 51.2 Å². The zero-order valence-corrected chi connectivity index (χ0v) is 14.4. The molecule has 0 saturated carbocycles. The van der Waals surface area contributed by atoms with Crippen molar-refractivity contribution in [3.63, 3.8) is 0 Å². The largest absolute Gasteiger partial charge is 0.444 e. The van der Waals surface area contributed by atoms with Gasteiger partial charge < -0.3 is 10.1 Å². The maximum absolute atomic E-state index is 11.5. The highest BCUT2D eigenvalue weighted by Crippen LogP contribution is 2.23. The van der Waals surface area contributed by atoms with E-state index in [0.717, 1.165) is 22.9 Å². The van der Waals surface area contributed by atoms with E-state index in [-0.39, 0.29) is 0 Å². The molecule has 0 saturated heterocycles. The second kappa shape index (κ2) is 7.47. The van der Waals surface area contributed by atoms with Crippen LogP contribution in [0.4, 0.5) is 4.79 Å². The summed E-state index contributed by atoms with van der Waals surface area (Å²) in [6, 6.07) is 7.72. The number of fused-ring (bicyclic) bond motifs is 1. The van der Waals surface area contributed by atoms with E-state index in [1.807, 2.05) is 51.1 Å². The van der Waals surface area contributed by atoms with Gasteiger partial charge >= 0.3 is 6.09 Å². The van der Waals surface area contributed by atoms with Crippen molar-refractivity contribution in [3.05, 3.63) is 47.1 Å². The van der Waals surface area contributed by atoms with Crippen molar-refractivity contribution in [2.45, 2.75) is 32.8 Å². The first-order valence-electron chi connectivity index (χ1n) is 7.53. The van der Waals surface area contributed by atoms with E-state index in [9.17, 15) is 4.79 Å². The standard InChI is InChI=1S/C18H21ClN2O2/c1-18(2,3)23-17(22)21-10-5-4-6-13-7-8-16-14(12-13)15(19)9-11-20-16/h4,6-9,11-12H,5,10H2,1-3H3,(H,21,22). The summed E-state index contributed by atoms with van der Waals surface area (Å²) in [6.07, 6.45) is 6.03. The zero-order chi connectivity index (χ0) is 16.9. The van der Waals surface area contributed by atoms with Crippen LogP contribution in [0.15, 0.2) is 36.5 Å². The molecule has 0 bridgehead atoms. The molecule has 0 aliphatic heterocycles. The number of carbonyl (C=O) groups excluding carboxylic acids is 1. The van der Waals surface area contributed by atoms with E-state index in [1.54, 1.807) is 12.3 Å². The van der Waals surface area contributed by atoms with Crippen molar-refractivity contribution in [1.29, 1.82) is 0 Å². The van der Waals surface area contributed by atoms with Crippen molar-refractivity contribution in [3.8, 4) is 0 Å². The van der Waals surface area contributed by atoms with Crippen molar-refractivity contribution < 1.29 is 9.53 Å². The van der Waals surface area contributed by atoms with Crippen LogP contribution in [0.2, 0.25) is 5.02 Å². The van der Waals surface area contributed by atoms with Gasteiger partial charge in [-0.25, -0.2) is 4.79 Å². The van der Waals surface area contributed by atoms with Gasteiger partial charge in [0, 0.05) is 18.1 Å². The molecule has 0 aliphatic rings. The maximum atomic E-state index is 11.5. The summed E-state index contributed by atoms with van der Waals surface area (Å²) in [4.78, 5) is 15.8. The summed E-state index contributed by atoms with van der Waals surface area (Å²) in [5, 5.41) is 4.35. The molecule has 0 aliphatic carbocycles. The lowest BCUT2D eigenvalue weighted by Gasteiger charge is -2.19. The molecular formula is C18H21ClN2O2. The van der Waals surface area contributed by atoms with Crippen LogP contribution in [0.5, 0.6) is 0 Å². The number of rotatable bonds is 4. The number of carbonyl (C=O) groups is 1. The molecule has 1 N–H and O–H groups in total. The number of nitrogens with one attached hydrogen (secondary N) is 1. The van der Waals surface area contributed by atoms with Crippen LogP contribution >= 0.6 is 11.6 Å². The van der Waals surface area contributed by atoms with Gasteiger partial charge in [-0.05, 0) is 51.0 Å². The first-order valence-corrected chi connectivity index (χ1v) is 7.90. The fourth-order valence-corrected chi connectivity index (χ4v) is 2.23. The van der Waals surface area contributed by atoms with Crippen molar-refractivity contribution in [1.82, 2.24) is 10.3 Å². The lowest BCUT2D eigenvalue weighted by atomic mass is 10.1. The van der Waals surface area contributed by atoms with Gasteiger partial charge in [0.2, 0.25) is 0 Å². The number of aromatic nitrogens is 1. The minimum absolute atomic E-state index is 0.394. The number of hydrogen-bond donors (Lipinski definition) is 1. The Kier molecular flexibility index (Phi) is 5.61. The molecule has 2 aromatic rings. The van der Waals surface area contributed by atoms with Crippen LogP contribution in [0.1, 0.15) is 32.8 Å². The lowest BCUT2D eigenvalue weighted by Crippen LogP contribution is -2.32. The SMILES string of the molecule is CC(C)(C)OC(=O)NCCC=Cc1ccc2nccc(Cl)c2c1. The van der Waals surface area contributed by atoms with Crippen LogP contribution in [0, 0.1) is 0 Å². The summed E-state index contributed by atoms with van der Waals surface area (Å²) in [5.41, 5.74) is 1.45. The molecule has 2 rings (SSSR count). The molecule has 1 heterocycles. The smallest absolute Gasteiger partial charge is 0.407 e. The molecule has 23 heavy (non-hydrogen) atoms. The van der Waals surface area contributed by atoms with Gasteiger partial charge in [0.05, 0.1) is 10.5 Å². The molecule has 0 radical (unpaired) electrons. The highest BCUT2D eigenvalue weighted by atomic mass is 35.5. The van der Waals surface area contributed by atoms with Gasteiger partial charge in [0.1, 0.15) is 5.60 Å². The van der Waals surface area contributed by atoms with Crippen molar-refractivity contribution >= 4 is 34.7 Å². The van der Waals surface area contributed by atoms with Gasteiger partial charge in [-0.3, -0.25) is 4.98 Å². The first kappa shape index (κ1) is 17.3. The van der Waals surface area contributed by atoms with Crippen LogP contribution < -0.4 is 5.32 Å². The number of halogens is 1. The van der Waals surface area contributed by atoms with Crippen molar-refractivity contribution in [2.75, 3.05) is 6.54 Å². The summed E-state index contributed by atoms with van der Waals surface area (Å²) in [7, 11) is 0. The Balaban J connectivity index is 1.87. The molecule has 0 atom stereocenters. The molecule has 122 valence electrons. The average Bonchev–Trinajstić information content (AvgIpc) is 2.46. The second-order valence-electron chi connectivity index (χ2n) is 6.19. The van der Waals surface area contributed by atoms with Gasteiger partial charge in [-0.2, -0.15) is 0 Å². The molecule has 1 aromatic carbocycles.